The molecule has 5 nitrogen and oxygen atoms in total. The summed E-state index contributed by atoms with van der Waals surface area (Å²) < 4.78 is 5.36. The van der Waals surface area contributed by atoms with E-state index in [1.54, 1.807) is 26.0 Å². The number of carbonyl (C=O) groups excluding carboxylic acids is 1. The molecule has 2 N–H and O–H groups in total. The number of hydrogen-bond acceptors (Lipinski definition) is 4. The van der Waals surface area contributed by atoms with Gasteiger partial charge in [0.15, 0.2) is 5.69 Å². The van der Waals surface area contributed by atoms with E-state index < -0.39 is 5.63 Å². The van der Waals surface area contributed by atoms with Crippen LogP contribution in [-0.4, -0.2) is 5.91 Å². The van der Waals surface area contributed by atoms with Gasteiger partial charge < -0.3 is 15.1 Å². The second kappa shape index (κ2) is 7.21. The van der Waals surface area contributed by atoms with Crippen molar-refractivity contribution in [3.63, 3.8) is 0 Å². The second-order valence-corrected chi connectivity index (χ2v) is 6.12. The molecule has 0 aliphatic carbocycles. The fraction of sp³-hybridized carbons (Fsp3) is 0.200. The number of fused-ring (bicyclic) bond motifs is 1. The first-order chi connectivity index (χ1) is 12.1. The van der Waals surface area contributed by atoms with Crippen LogP contribution in [0.15, 0.2) is 63.8 Å². The van der Waals surface area contributed by atoms with E-state index in [1.165, 1.54) is 0 Å². The van der Waals surface area contributed by atoms with Crippen molar-refractivity contribution in [2.24, 2.45) is 5.92 Å². The summed E-state index contributed by atoms with van der Waals surface area (Å²) in [5.74, 6) is -0.474. The SMILES string of the molecule is CC(C)C(=O)Nc1c(NCc2ccccc2)c2ccccc2oc1=O. The quantitative estimate of drug-likeness (QED) is 0.691. The first-order valence-corrected chi connectivity index (χ1v) is 8.21. The van der Waals surface area contributed by atoms with E-state index in [0.29, 0.717) is 17.8 Å². The average molecular weight is 336 g/mol. The van der Waals surface area contributed by atoms with Crippen molar-refractivity contribution in [1.29, 1.82) is 0 Å². The van der Waals surface area contributed by atoms with E-state index in [4.69, 9.17) is 4.42 Å². The smallest absolute Gasteiger partial charge is 0.362 e. The molecule has 5 heteroatoms. The van der Waals surface area contributed by atoms with Crippen LogP contribution >= 0.6 is 0 Å². The third kappa shape index (κ3) is 3.71. The van der Waals surface area contributed by atoms with Crippen LogP contribution in [0, 0.1) is 5.92 Å². The third-order valence-electron chi connectivity index (χ3n) is 3.90. The molecule has 0 aliphatic heterocycles. The van der Waals surface area contributed by atoms with E-state index in [1.807, 2.05) is 42.5 Å². The first kappa shape index (κ1) is 16.8. The van der Waals surface area contributed by atoms with Crippen molar-refractivity contribution < 1.29 is 9.21 Å². The minimum atomic E-state index is -0.566. The molecule has 0 atom stereocenters. The van der Waals surface area contributed by atoms with Crippen molar-refractivity contribution in [3.8, 4) is 0 Å². The van der Waals surface area contributed by atoms with Crippen molar-refractivity contribution in [2.75, 3.05) is 10.6 Å². The Hall–Kier alpha value is -3.08. The first-order valence-electron chi connectivity index (χ1n) is 8.21. The highest BCUT2D eigenvalue weighted by Crippen LogP contribution is 2.29. The van der Waals surface area contributed by atoms with Gasteiger partial charge in [0.1, 0.15) is 5.58 Å². The summed E-state index contributed by atoms with van der Waals surface area (Å²) in [5.41, 5.74) is 1.70. The molecular formula is C20H20N2O3. The van der Waals surface area contributed by atoms with Gasteiger partial charge in [0.05, 0.1) is 5.69 Å². The molecule has 0 radical (unpaired) electrons. The van der Waals surface area contributed by atoms with Crippen LogP contribution in [-0.2, 0) is 11.3 Å². The fourth-order valence-electron chi connectivity index (χ4n) is 2.50. The molecular weight excluding hydrogens is 316 g/mol. The Morgan fingerprint density at radius 2 is 1.68 bits per heavy atom. The Bertz CT molecular complexity index is 946. The standard InChI is InChI=1S/C20H20N2O3/c1-13(2)19(23)22-18-17(21-12-14-8-4-3-5-9-14)15-10-6-7-11-16(15)25-20(18)24/h3-11,13,21H,12H2,1-2H3,(H,22,23). The van der Waals surface area contributed by atoms with Crippen molar-refractivity contribution in [3.05, 3.63) is 70.6 Å². The molecule has 0 aliphatic rings. The number of benzene rings is 2. The zero-order valence-electron chi connectivity index (χ0n) is 14.2. The molecule has 128 valence electrons. The number of hydrogen-bond donors (Lipinski definition) is 2. The van der Waals surface area contributed by atoms with Gasteiger partial charge in [-0.1, -0.05) is 56.3 Å². The molecule has 3 aromatic rings. The van der Waals surface area contributed by atoms with E-state index in [2.05, 4.69) is 10.6 Å². The van der Waals surface area contributed by atoms with Gasteiger partial charge in [-0.05, 0) is 17.7 Å². The molecule has 1 amide bonds. The van der Waals surface area contributed by atoms with Crippen molar-refractivity contribution in [2.45, 2.75) is 20.4 Å². The zero-order valence-corrected chi connectivity index (χ0v) is 14.2. The van der Waals surface area contributed by atoms with Gasteiger partial charge in [-0.15, -0.1) is 0 Å². The summed E-state index contributed by atoms with van der Waals surface area (Å²) in [5, 5.41) is 6.73. The van der Waals surface area contributed by atoms with Gasteiger partial charge in [-0.25, -0.2) is 4.79 Å². The summed E-state index contributed by atoms with van der Waals surface area (Å²) >= 11 is 0. The van der Waals surface area contributed by atoms with Crippen LogP contribution in [0.1, 0.15) is 19.4 Å². The molecule has 0 fully saturated rings. The zero-order chi connectivity index (χ0) is 17.8. The maximum Gasteiger partial charge on any atom is 0.362 e. The highest BCUT2D eigenvalue weighted by molar-refractivity contribution is 6.02. The lowest BCUT2D eigenvalue weighted by Crippen LogP contribution is -2.23. The van der Waals surface area contributed by atoms with Crippen molar-refractivity contribution >= 4 is 28.3 Å². The summed E-state index contributed by atoms with van der Waals surface area (Å²) in [6.07, 6.45) is 0. The van der Waals surface area contributed by atoms with Crippen LogP contribution in [0.25, 0.3) is 11.0 Å². The van der Waals surface area contributed by atoms with Crippen molar-refractivity contribution in [1.82, 2.24) is 0 Å². The van der Waals surface area contributed by atoms with E-state index >= 15 is 0 Å². The van der Waals surface area contributed by atoms with Gasteiger partial charge in [-0.3, -0.25) is 4.79 Å². The highest BCUT2D eigenvalue weighted by atomic mass is 16.4. The minimum Gasteiger partial charge on any atom is -0.421 e. The highest BCUT2D eigenvalue weighted by Gasteiger charge is 2.18. The molecule has 0 spiro atoms. The summed E-state index contributed by atoms with van der Waals surface area (Å²) in [7, 11) is 0. The molecule has 1 heterocycles. The minimum absolute atomic E-state index is 0.147. The van der Waals surface area contributed by atoms with Gasteiger partial charge in [0, 0.05) is 17.8 Å². The summed E-state index contributed by atoms with van der Waals surface area (Å²) in [4.78, 5) is 24.5. The predicted molar refractivity (Wildman–Crippen MR) is 99.7 cm³/mol. The molecule has 2 aromatic carbocycles. The number of amides is 1. The summed E-state index contributed by atoms with van der Waals surface area (Å²) in [6.45, 7) is 4.07. The maximum atomic E-state index is 12.4. The number of nitrogens with one attached hydrogen (secondary N) is 2. The topological polar surface area (TPSA) is 71.3 Å². The van der Waals surface area contributed by atoms with E-state index in [-0.39, 0.29) is 17.5 Å². The Labute approximate surface area is 145 Å². The van der Waals surface area contributed by atoms with Gasteiger partial charge in [0.2, 0.25) is 5.91 Å². The van der Waals surface area contributed by atoms with Gasteiger partial charge >= 0.3 is 5.63 Å². The van der Waals surface area contributed by atoms with E-state index in [9.17, 15) is 9.59 Å². The Balaban J connectivity index is 2.05. The molecule has 1 aromatic heterocycles. The number of para-hydroxylation sites is 1. The molecule has 0 unspecified atom stereocenters. The van der Waals surface area contributed by atoms with Gasteiger partial charge in [0.25, 0.3) is 0 Å². The lowest BCUT2D eigenvalue weighted by atomic mass is 10.1. The van der Waals surface area contributed by atoms with Gasteiger partial charge in [-0.2, -0.15) is 0 Å². The van der Waals surface area contributed by atoms with Crippen LogP contribution in [0.3, 0.4) is 0 Å². The van der Waals surface area contributed by atoms with Crippen LogP contribution in [0.2, 0.25) is 0 Å². The second-order valence-electron chi connectivity index (χ2n) is 6.12. The Morgan fingerprint density at radius 1 is 1.00 bits per heavy atom. The average Bonchev–Trinajstić information content (AvgIpc) is 2.62. The van der Waals surface area contributed by atoms with E-state index in [0.717, 1.165) is 10.9 Å². The Kier molecular flexibility index (Phi) is 4.84. The number of rotatable bonds is 5. The molecule has 0 bridgehead atoms. The third-order valence-corrected chi connectivity index (χ3v) is 3.90. The lowest BCUT2D eigenvalue weighted by molar-refractivity contribution is -0.118. The molecule has 0 saturated heterocycles. The summed E-state index contributed by atoms with van der Waals surface area (Å²) in [6, 6.07) is 17.1. The fourth-order valence-corrected chi connectivity index (χ4v) is 2.50. The Morgan fingerprint density at radius 3 is 2.40 bits per heavy atom. The molecule has 0 saturated carbocycles. The monoisotopic (exact) mass is 336 g/mol. The van der Waals surface area contributed by atoms with Crippen LogP contribution in [0.5, 0.6) is 0 Å². The molecule has 25 heavy (non-hydrogen) atoms. The largest absolute Gasteiger partial charge is 0.421 e. The van der Waals surface area contributed by atoms with Crippen LogP contribution in [0.4, 0.5) is 11.4 Å². The number of anilines is 2. The molecule has 3 rings (SSSR count). The normalized spacial score (nSPS) is 10.8. The van der Waals surface area contributed by atoms with Crippen LogP contribution < -0.4 is 16.3 Å². The maximum absolute atomic E-state index is 12.4. The number of carbonyl (C=O) groups is 1. The lowest BCUT2D eigenvalue weighted by Gasteiger charge is -2.15. The predicted octanol–water partition coefficient (Wildman–Crippen LogP) is 4.00.